The van der Waals surface area contributed by atoms with Crippen molar-refractivity contribution in [1.82, 2.24) is 10.5 Å². The minimum atomic E-state index is -0.548. The molecule has 1 saturated carbocycles. The maximum absolute atomic E-state index is 14.3. The van der Waals surface area contributed by atoms with Crippen LogP contribution in [-0.4, -0.2) is 17.6 Å². The Balaban J connectivity index is 1.60. The summed E-state index contributed by atoms with van der Waals surface area (Å²) < 4.78 is 19.5. The fourth-order valence-electron chi connectivity index (χ4n) is 3.38. The molecule has 0 radical (unpaired) electrons. The number of carbonyl (C=O) groups excluding carboxylic acids is 1. The third-order valence-corrected chi connectivity index (χ3v) is 5.43. The van der Waals surface area contributed by atoms with Crippen LogP contribution in [0.5, 0.6) is 0 Å². The summed E-state index contributed by atoms with van der Waals surface area (Å²) in [5.41, 5.74) is 1.59. The molecule has 138 valence electrons. The second-order valence-electron chi connectivity index (χ2n) is 6.89. The highest BCUT2D eigenvalue weighted by Gasteiger charge is 2.44. The van der Waals surface area contributed by atoms with Crippen LogP contribution in [0.15, 0.2) is 53.1 Å². The van der Waals surface area contributed by atoms with Crippen LogP contribution < -0.4 is 5.32 Å². The molecule has 0 saturated heterocycles. The Labute approximate surface area is 161 Å². The van der Waals surface area contributed by atoms with Gasteiger partial charge in [0.2, 0.25) is 0 Å². The fraction of sp³-hybridized carbons (Fsp3) is 0.238. The molecular weight excluding hydrogens is 367 g/mol. The summed E-state index contributed by atoms with van der Waals surface area (Å²) in [6.45, 7) is 2.13. The van der Waals surface area contributed by atoms with Crippen LogP contribution in [-0.2, 0) is 5.41 Å². The van der Waals surface area contributed by atoms with Gasteiger partial charge in [0, 0.05) is 12.0 Å². The SMILES string of the molecule is Cc1onc(-c2c(F)cccc2Cl)c1C(=O)NCC1(c2ccccc2)CC1. The van der Waals surface area contributed by atoms with E-state index >= 15 is 0 Å². The lowest BCUT2D eigenvalue weighted by molar-refractivity contribution is 0.0948. The molecule has 0 aliphatic heterocycles. The molecule has 0 atom stereocenters. The summed E-state index contributed by atoms with van der Waals surface area (Å²) in [4.78, 5) is 12.9. The minimum absolute atomic E-state index is 0.0300. The van der Waals surface area contributed by atoms with E-state index in [1.807, 2.05) is 18.2 Å². The zero-order chi connectivity index (χ0) is 19.0. The first-order valence-corrected chi connectivity index (χ1v) is 9.14. The average Bonchev–Trinajstić information content (AvgIpc) is 3.37. The van der Waals surface area contributed by atoms with Crippen LogP contribution in [0.1, 0.15) is 34.5 Å². The van der Waals surface area contributed by atoms with E-state index < -0.39 is 5.82 Å². The minimum Gasteiger partial charge on any atom is -0.360 e. The van der Waals surface area contributed by atoms with Crippen molar-refractivity contribution in [3.8, 4) is 11.3 Å². The number of aryl methyl sites for hydroxylation is 1. The van der Waals surface area contributed by atoms with Crippen LogP contribution in [0.2, 0.25) is 5.02 Å². The lowest BCUT2D eigenvalue weighted by Gasteiger charge is -2.16. The molecule has 4 rings (SSSR count). The third kappa shape index (κ3) is 3.23. The lowest BCUT2D eigenvalue weighted by Crippen LogP contribution is -2.32. The molecule has 1 heterocycles. The molecule has 0 spiro atoms. The molecule has 0 bridgehead atoms. The second kappa shape index (κ2) is 6.82. The molecule has 1 fully saturated rings. The van der Waals surface area contributed by atoms with Gasteiger partial charge in [-0.2, -0.15) is 0 Å². The number of benzene rings is 2. The number of nitrogens with one attached hydrogen (secondary N) is 1. The number of rotatable bonds is 5. The van der Waals surface area contributed by atoms with Crippen molar-refractivity contribution in [2.75, 3.05) is 6.54 Å². The Morgan fingerprint density at radius 2 is 1.96 bits per heavy atom. The summed E-state index contributed by atoms with van der Waals surface area (Å²) in [5.74, 6) is -0.565. The standard InChI is InChI=1S/C21H18ClFN2O2/c1-13-17(19(25-27-13)18-15(22)8-5-9-16(18)23)20(26)24-12-21(10-11-21)14-6-3-2-4-7-14/h2-9H,10-12H2,1H3,(H,24,26). The van der Waals surface area contributed by atoms with Gasteiger partial charge in [-0.3, -0.25) is 4.79 Å². The van der Waals surface area contributed by atoms with Gasteiger partial charge in [-0.1, -0.05) is 53.2 Å². The first-order chi connectivity index (χ1) is 13.0. The first-order valence-electron chi connectivity index (χ1n) is 8.76. The molecular formula is C21H18ClFN2O2. The molecule has 0 unspecified atom stereocenters. The number of aromatic nitrogens is 1. The van der Waals surface area contributed by atoms with Gasteiger partial charge in [0.1, 0.15) is 22.8 Å². The van der Waals surface area contributed by atoms with Gasteiger partial charge in [0.25, 0.3) is 5.91 Å². The number of carbonyl (C=O) groups is 1. The van der Waals surface area contributed by atoms with E-state index in [-0.39, 0.29) is 33.2 Å². The number of hydrogen-bond acceptors (Lipinski definition) is 3. The predicted octanol–water partition coefficient (Wildman–Crippen LogP) is 4.90. The maximum atomic E-state index is 14.3. The van der Waals surface area contributed by atoms with Crippen LogP contribution in [0.4, 0.5) is 4.39 Å². The Bertz CT molecular complexity index is 976. The maximum Gasteiger partial charge on any atom is 0.257 e. The fourth-order valence-corrected chi connectivity index (χ4v) is 3.63. The smallest absolute Gasteiger partial charge is 0.257 e. The van der Waals surface area contributed by atoms with Gasteiger partial charge in [-0.15, -0.1) is 0 Å². The average molecular weight is 385 g/mol. The largest absolute Gasteiger partial charge is 0.360 e. The van der Waals surface area contributed by atoms with E-state index in [0.717, 1.165) is 12.8 Å². The quantitative estimate of drug-likeness (QED) is 0.680. The second-order valence-corrected chi connectivity index (χ2v) is 7.30. The summed E-state index contributed by atoms with van der Waals surface area (Å²) in [5, 5.41) is 7.04. The van der Waals surface area contributed by atoms with E-state index in [1.165, 1.54) is 17.7 Å². The Morgan fingerprint density at radius 3 is 2.63 bits per heavy atom. The number of amides is 1. The highest BCUT2D eigenvalue weighted by molar-refractivity contribution is 6.33. The third-order valence-electron chi connectivity index (χ3n) is 5.12. The topological polar surface area (TPSA) is 55.1 Å². The molecule has 4 nitrogen and oxygen atoms in total. The van der Waals surface area contributed by atoms with Crippen LogP contribution in [0.25, 0.3) is 11.3 Å². The van der Waals surface area contributed by atoms with Crippen molar-refractivity contribution < 1.29 is 13.7 Å². The summed E-state index contributed by atoms with van der Waals surface area (Å²) in [6.07, 6.45) is 2.04. The van der Waals surface area contributed by atoms with Crippen molar-refractivity contribution in [2.24, 2.45) is 0 Å². The van der Waals surface area contributed by atoms with Crippen molar-refractivity contribution >= 4 is 17.5 Å². The van der Waals surface area contributed by atoms with E-state index in [0.29, 0.717) is 12.3 Å². The van der Waals surface area contributed by atoms with Crippen molar-refractivity contribution in [2.45, 2.75) is 25.2 Å². The Morgan fingerprint density at radius 1 is 1.22 bits per heavy atom. The zero-order valence-electron chi connectivity index (χ0n) is 14.8. The van der Waals surface area contributed by atoms with E-state index in [9.17, 15) is 9.18 Å². The van der Waals surface area contributed by atoms with Crippen LogP contribution in [0, 0.1) is 12.7 Å². The summed E-state index contributed by atoms with van der Waals surface area (Å²) in [7, 11) is 0. The highest BCUT2D eigenvalue weighted by Crippen LogP contribution is 2.47. The van der Waals surface area contributed by atoms with E-state index in [4.69, 9.17) is 16.1 Å². The van der Waals surface area contributed by atoms with Gasteiger partial charge in [0.15, 0.2) is 0 Å². The predicted molar refractivity (Wildman–Crippen MR) is 101 cm³/mol. The molecule has 3 aromatic rings. The van der Waals surface area contributed by atoms with Gasteiger partial charge in [-0.25, -0.2) is 4.39 Å². The highest BCUT2D eigenvalue weighted by atomic mass is 35.5. The Kier molecular flexibility index (Phi) is 4.48. The molecule has 2 aromatic carbocycles. The van der Waals surface area contributed by atoms with Gasteiger partial charge in [-0.05, 0) is 37.5 Å². The van der Waals surface area contributed by atoms with Gasteiger partial charge >= 0.3 is 0 Å². The molecule has 1 aliphatic carbocycles. The number of halogens is 2. The van der Waals surface area contributed by atoms with Crippen molar-refractivity contribution in [3.63, 3.8) is 0 Å². The Hall–Kier alpha value is -2.66. The van der Waals surface area contributed by atoms with Crippen molar-refractivity contribution in [3.05, 3.63) is 76.3 Å². The lowest BCUT2D eigenvalue weighted by atomic mass is 9.96. The van der Waals surface area contributed by atoms with E-state index in [1.54, 1.807) is 13.0 Å². The molecule has 6 heteroatoms. The molecule has 1 amide bonds. The normalized spacial score (nSPS) is 14.8. The number of hydrogen-bond donors (Lipinski definition) is 1. The van der Waals surface area contributed by atoms with Crippen LogP contribution in [0.3, 0.4) is 0 Å². The number of nitrogens with zero attached hydrogens (tertiary/aromatic N) is 1. The van der Waals surface area contributed by atoms with Crippen LogP contribution >= 0.6 is 11.6 Å². The van der Waals surface area contributed by atoms with Crippen molar-refractivity contribution in [1.29, 1.82) is 0 Å². The molecule has 1 aliphatic rings. The molecule has 1 aromatic heterocycles. The summed E-state index contributed by atoms with van der Waals surface area (Å²) >= 11 is 6.14. The van der Waals surface area contributed by atoms with Gasteiger partial charge in [0.05, 0.1) is 10.6 Å². The summed E-state index contributed by atoms with van der Waals surface area (Å²) in [6, 6.07) is 14.5. The molecule has 1 N–H and O–H groups in total. The zero-order valence-corrected chi connectivity index (χ0v) is 15.5. The monoisotopic (exact) mass is 384 g/mol. The van der Waals surface area contributed by atoms with E-state index in [2.05, 4.69) is 22.6 Å². The van der Waals surface area contributed by atoms with Gasteiger partial charge < -0.3 is 9.84 Å². The molecule has 27 heavy (non-hydrogen) atoms. The first kappa shape index (κ1) is 17.7.